The van der Waals surface area contributed by atoms with Gasteiger partial charge < -0.3 is 15.4 Å². The Balaban J connectivity index is 2.79. The van der Waals surface area contributed by atoms with Crippen LogP contribution in [0.1, 0.15) is 46.5 Å². The number of nitrogens with one attached hydrogen (secondary N) is 2. The minimum absolute atomic E-state index is 0.232. The van der Waals surface area contributed by atoms with Crippen LogP contribution in [0, 0.1) is 0 Å². The quantitative estimate of drug-likeness (QED) is 0.563. The maximum absolute atomic E-state index is 11.9. The Morgan fingerprint density at radius 2 is 2.06 bits per heavy atom. The number of esters is 1. The van der Waals surface area contributed by atoms with E-state index in [1.165, 1.54) is 0 Å². The van der Waals surface area contributed by atoms with Crippen LogP contribution in [0.3, 0.4) is 0 Å². The molecule has 1 heterocycles. The molecule has 1 rings (SSSR count). The maximum atomic E-state index is 11.9. The lowest BCUT2D eigenvalue weighted by Crippen LogP contribution is -2.49. The number of unbranched alkanes of at least 4 members (excludes halogenated alkanes) is 2. The standard InChI is InChI=1S/C13H22N2O3/c1-4-6-7-8-10-11(12(16)18-5-2)9(3)14-13(17)15-10/h10H,4-8H2,1-3H3,(H2,14,15,17)/t10-/m1/s1. The van der Waals surface area contributed by atoms with E-state index in [0.717, 1.165) is 25.7 Å². The Kier molecular flexibility index (Phi) is 5.68. The number of carbonyl (C=O) groups excluding carboxylic acids is 2. The van der Waals surface area contributed by atoms with Crippen LogP contribution < -0.4 is 10.6 Å². The Hall–Kier alpha value is -1.52. The van der Waals surface area contributed by atoms with Crippen molar-refractivity contribution in [1.82, 2.24) is 10.6 Å². The van der Waals surface area contributed by atoms with E-state index in [-0.39, 0.29) is 18.0 Å². The van der Waals surface area contributed by atoms with E-state index in [1.54, 1.807) is 13.8 Å². The molecule has 0 aromatic rings. The fraction of sp³-hybridized carbons (Fsp3) is 0.692. The van der Waals surface area contributed by atoms with E-state index in [1.807, 2.05) is 0 Å². The van der Waals surface area contributed by atoms with Crippen LogP contribution in [0.25, 0.3) is 0 Å². The Labute approximate surface area is 108 Å². The normalized spacial score (nSPS) is 19.3. The Morgan fingerprint density at radius 3 is 2.67 bits per heavy atom. The number of hydrogen-bond donors (Lipinski definition) is 2. The third kappa shape index (κ3) is 3.75. The summed E-state index contributed by atoms with van der Waals surface area (Å²) >= 11 is 0. The van der Waals surface area contributed by atoms with Gasteiger partial charge in [0.1, 0.15) is 0 Å². The molecule has 0 radical (unpaired) electrons. The van der Waals surface area contributed by atoms with E-state index in [2.05, 4.69) is 17.6 Å². The van der Waals surface area contributed by atoms with Crippen molar-refractivity contribution in [3.63, 3.8) is 0 Å². The molecular formula is C13H22N2O3. The molecule has 0 unspecified atom stereocenters. The van der Waals surface area contributed by atoms with Crippen LogP contribution in [0.2, 0.25) is 0 Å². The second-order valence-corrected chi connectivity index (χ2v) is 4.41. The molecule has 2 amide bonds. The highest BCUT2D eigenvalue weighted by molar-refractivity contribution is 5.94. The van der Waals surface area contributed by atoms with E-state index in [0.29, 0.717) is 17.9 Å². The zero-order valence-corrected chi connectivity index (χ0v) is 11.3. The van der Waals surface area contributed by atoms with E-state index in [9.17, 15) is 9.59 Å². The van der Waals surface area contributed by atoms with Crippen molar-refractivity contribution in [3.8, 4) is 0 Å². The number of rotatable bonds is 6. The lowest BCUT2D eigenvalue weighted by atomic mass is 9.97. The van der Waals surface area contributed by atoms with Gasteiger partial charge in [-0.25, -0.2) is 9.59 Å². The largest absolute Gasteiger partial charge is 0.463 e. The summed E-state index contributed by atoms with van der Waals surface area (Å²) in [6.45, 7) is 5.96. The summed E-state index contributed by atoms with van der Waals surface area (Å²) in [6, 6.07) is -0.480. The maximum Gasteiger partial charge on any atom is 0.337 e. The number of amides is 2. The second-order valence-electron chi connectivity index (χ2n) is 4.41. The topological polar surface area (TPSA) is 67.4 Å². The summed E-state index contributed by atoms with van der Waals surface area (Å²) in [5, 5.41) is 5.40. The van der Waals surface area contributed by atoms with Crippen molar-refractivity contribution >= 4 is 12.0 Å². The number of urea groups is 1. The zero-order valence-electron chi connectivity index (χ0n) is 11.3. The third-order valence-corrected chi connectivity index (χ3v) is 2.95. The van der Waals surface area contributed by atoms with Crippen LogP contribution in [0.5, 0.6) is 0 Å². The molecule has 0 saturated heterocycles. The molecule has 0 aromatic heterocycles. The zero-order chi connectivity index (χ0) is 13.5. The van der Waals surface area contributed by atoms with Crippen LogP contribution >= 0.6 is 0 Å². The second kappa shape index (κ2) is 7.03. The predicted molar refractivity (Wildman–Crippen MR) is 68.9 cm³/mol. The fourth-order valence-electron chi connectivity index (χ4n) is 2.08. The minimum Gasteiger partial charge on any atom is -0.463 e. The highest BCUT2D eigenvalue weighted by atomic mass is 16.5. The van der Waals surface area contributed by atoms with Gasteiger partial charge in [-0.05, 0) is 20.3 Å². The van der Waals surface area contributed by atoms with Gasteiger partial charge in [-0.1, -0.05) is 26.2 Å². The van der Waals surface area contributed by atoms with Gasteiger partial charge in [0.15, 0.2) is 0 Å². The van der Waals surface area contributed by atoms with E-state index < -0.39 is 0 Å². The van der Waals surface area contributed by atoms with Crippen molar-refractivity contribution in [1.29, 1.82) is 0 Å². The first-order valence-electron chi connectivity index (χ1n) is 6.55. The van der Waals surface area contributed by atoms with Crippen molar-refractivity contribution in [2.75, 3.05) is 6.61 Å². The van der Waals surface area contributed by atoms with Crippen LogP contribution in [0.4, 0.5) is 4.79 Å². The predicted octanol–water partition coefficient (Wildman–Crippen LogP) is 2.09. The van der Waals surface area contributed by atoms with Gasteiger partial charge in [-0.2, -0.15) is 0 Å². The van der Waals surface area contributed by atoms with Gasteiger partial charge in [-0.3, -0.25) is 0 Å². The first-order valence-corrected chi connectivity index (χ1v) is 6.55. The summed E-state index contributed by atoms with van der Waals surface area (Å²) in [5.74, 6) is -0.344. The van der Waals surface area contributed by atoms with Crippen molar-refractivity contribution in [2.45, 2.75) is 52.5 Å². The van der Waals surface area contributed by atoms with Gasteiger partial charge in [0.25, 0.3) is 0 Å². The molecule has 102 valence electrons. The van der Waals surface area contributed by atoms with Gasteiger partial charge in [0, 0.05) is 5.70 Å². The average Bonchev–Trinajstić information content (AvgIpc) is 2.28. The third-order valence-electron chi connectivity index (χ3n) is 2.95. The molecule has 18 heavy (non-hydrogen) atoms. The summed E-state index contributed by atoms with van der Waals surface area (Å²) in [7, 11) is 0. The van der Waals surface area contributed by atoms with E-state index >= 15 is 0 Å². The van der Waals surface area contributed by atoms with Crippen molar-refractivity contribution in [2.24, 2.45) is 0 Å². The van der Waals surface area contributed by atoms with Crippen LogP contribution in [-0.4, -0.2) is 24.6 Å². The molecule has 0 spiro atoms. The summed E-state index contributed by atoms with van der Waals surface area (Å²) < 4.78 is 5.04. The highest BCUT2D eigenvalue weighted by Crippen LogP contribution is 2.18. The van der Waals surface area contributed by atoms with Crippen molar-refractivity contribution in [3.05, 3.63) is 11.3 Å². The molecular weight excluding hydrogens is 232 g/mol. The smallest absolute Gasteiger partial charge is 0.337 e. The lowest BCUT2D eigenvalue weighted by molar-refractivity contribution is -0.139. The van der Waals surface area contributed by atoms with E-state index in [4.69, 9.17) is 4.74 Å². The molecule has 0 fully saturated rings. The molecule has 1 atom stereocenters. The lowest BCUT2D eigenvalue weighted by Gasteiger charge is -2.27. The van der Waals surface area contributed by atoms with Crippen LogP contribution in [-0.2, 0) is 9.53 Å². The minimum atomic E-state index is -0.344. The molecule has 0 saturated carbocycles. The number of hydrogen-bond acceptors (Lipinski definition) is 3. The number of carbonyl (C=O) groups is 2. The highest BCUT2D eigenvalue weighted by Gasteiger charge is 2.30. The first kappa shape index (κ1) is 14.5. The molecule has 0 bridgehead atoms. The van der Waals surface area contributed by atoms with Crippen LogP contribution in [0.15, 0.2) is 11.3 Å². The van der Waals surface area contributed by atoms with Gasteiger partial charge >= 0.3 is 12.0 Å². The monoisotopic (exact) mass is 254 g/mol. The number of ether oxygens (including phenoxy) is 1. The molecule has 0 aliphatic carbocycles. The molecule has 2 N–H and O–H groups in total. The molecule has 1 aliphatic rings. The van der Waals surface area contributed by atoms with Gasteiger partial charge in [0.05, 0.1) is 18.2 Å². The van der Waals surface area contributed by atoms with Gasteiger partial charge in [0.2, 0.25) is 0 Å². The molecule has 5 heteroatoms. The summed E-state index contributed by atoms with van der Waals surface area (Å²) in [5.41, 5.74) is 1.14. The Bertz CT molecular complexity index is 350. The average molecular weight is 254 g/mol. The summed E-state index contributed by atoms with van der Waals surface area (Å²) in [6.07, 6.45) is 3.95. The number of allylic oxidation sites excluding steroid dienone is 1. The van der Waals surface area contributed by atoms with Crippen molar-refractivity contribution < 1.29 is 14.3 Å². The summed E-state index contributed by atoms with van der Waals surface area (Å²) in [4.78, 5) is 23.3. The molecule has 1 aliphatic heterocycles. The SMILES string of the molecule is CCCCC[C@H]1NC(=O)NC(C)=C1C(=O)OCC. The fourth-order valence-corrected chi connectivity index (χ4v) is 2.08. The Morgan fingerprint density at radius 1 is 1.33 bits per heavy atom. The van der Waals surface area contributed by atoms with Gasteiger partial charge in [-0.15, -0.1) is 0 Å². The molecule has 5 nitrogen and oxygen atoms in total. The first-order chi connectivity index (χ1) is 8.60. The molecule has 0 aromatic carbocycles.